The summed E-state index contributed by atoms with van der Waals surface area (Å²) in [5.41, 5.74) is 1.05. The minimum atomic E-state index is 0.760. The van der Waals surface area contributed by atoms with E-state index in [0.717, 1.165) is 30.5 Å². The Bertz CT molecular complexity index is 294. The van der Waals surface area contributed by atoms with Gasteiger partial charge in [-0.05, 0) is 13.2 Å². The van der Waals surface area contributed by atoms with Crippen LogP contribution in [0.4, 0.5) is 5.95 Å². The Hall–Kier alpha value is -0.900. The zero-order valence-corrected chi connectivity index (χ0v) is 9.60. The van der Waals surface area contributed by atoms with E-state index in [1.807, 2.05) is 24.8 Å². The molecule has 0 atom stereocenters. The number of hydrogen-bond donors (Lipinski definition) is 1. The Morgan fingerprint density at radius 1 is 1.71 bits per heavy atom. The molecule has 0 aliphatic heterocycles. The lowest BCUT2D eigenvalue weighted by Crippen LogP contribution is -2.08. The van der Waals surface area contributed by atoms with Crippen LogP contribution in [0.25, 0.3) is 0 Å². The van der Waals surface area contributed by atoms with Gasteiger partial charge in [-0.2, -0.15) is 11.8 Å². The molecule has 0 aliphatic carbocycles. The van der Waals surface area contributed by atoms with E-state index in [0.29, 0.717) is 0 Å². The van der Waals surface area contributed by atoms with Crippen molar-refractivity contribution in [3.63, 3.8) is 0 Å². The lowest BCUT2D eigenvalue weighted by atomic mass is 10.6. The number of rotatable bonds is 6. The molecule has 0 saturated heterocycles. The summed E-state index contributed by atoms with van der Waals surface area (Å²) in [4.78, 5) is 4.40. The molecule has 0 aromatic carbocycles. The first-order valence-corrected chi connectivity index (χ1v) is 6.04. The fraction of sp³-hybridized carbons (Fsp3) is 0.500. The van der Waals surface area contributed by atoms with Crippen molar-refractivity contribution in [2.75, 3.05) is 23.9 Å². The molecular weight excluding hydrogens is 194 g/mol. The van der Waals surface area contributed by atoms with Crippen LogP contribution in [-0.4, -0.2) is 28.1 Å². The smallest absolute Gasteiger partial charge is 0.203 e. The van der Waals surface area contributed by atoms with Crippen molar-refractivity contribution in [3.8, 4) is 0 Å². The Balaban J connectivity index is 2.64. The first kappa shape index (κ1) is 11.2. The Morgan fingerprint density at radius 3 is 3.14 bits per heavy atom. The highest BCUT2D eigenvalue weighted by atomic mass is 32.2. The highest BCUT2D eigenvalue weighted by Crippen LogP contribution is 2.09. The van der Waals surface area contributed by atoms with E-state index < -0.39 is 0 Å². The summed E-state index contributed by atoms with van der Waals surface area (Å²) in [6.07, 6.45) is 6.02. The van der Waals surface area contributed by atoms with Crippen molar-refractivity contribution in [1.29, 1.82) is 0 Å². The second kappa shape index (κ2) is 5.75. The number of hydrogen-bond acceptors (Lipinski definition) is 3. The predicted molar refractivity (Wildman–Crippen MR) is 64.0 cm³/mol. The normalized spacial score (nSPS) is 10.1. The molecule has 0 saturated carbocycles. The van der Waals surface area contributed by atoms with Gasteiger partial charge in [0.2, 0.25) is 5.95 Å². The van der Waals surface area contributed by atoms with E-state index in [-0.39, 0.29) is 0 Å². The van der Waals surface area contributed by atoms with Gasteiger partial charge < -0.3 is 9.88 Å². The number of imidazole rings is 1. The average molecular weight is 211 g/mol. The molecule has 4 heteroatoms. The maximum absolute atomic E-state index is 4.40. The summed E-state index contributed by atoms with van der Waals surface area (Å²) in [6.45, 7) is 7.44. The van der Waals surface area contributed by atoms with Gasteiger partial charge in [0.1, 0.15) is 0 Å². The van der Waals surface area contributed by atoms with Crippen molar-refractivity contribution in [1.82, 2.24) is 9.55 Å². The third-order valence-electron chi connectivity index (χ3n) is 1.84. The Morgan fingerprint density at radius 2 is 2.50 bits per heavy atom. The van der Waals surface area contributed by atoms with Crippen molar-refractivity contribution >= 4 is 17.7 Å². The maximum atomic E-state index is 4.40. The van der Waals surface area contributed by atoms with E-state index in [2.05, 4.69) is 33.9 Å². The molecule has 3 nitrogen and oxygen atoms in total. The fourth-order valence-electron chi connectivity index (χ4n) is 1.21. The van der Waals surface area contributed by atoms with Gasteiger partial charge in [-0.25, -0.2) is 4.98 Å². The molecule has 14 heavy (non-hydrogen) atoms. The van der Waals surface area contributed by atoms with E-state index in [1.165, 1.54) is 0 Å². The summed E-state index contributed by atoms with van der Waals surface area (Å²) in [5, 5.41) is 3.22. The molecule has 0 amide bonds. The average Bonchev–Trinajstić information content (AvgIpc) is 2.52. The summed E-state index contributed by atoms with van der Waals surface area (Å²) in [5.74, 6) is 2.05. The van der Waals surface area contributed by atoms with Crippen molar-refractivity contribution in [2.24, 2.45) is 0 Å². The van der Waals surface area contributed by atoms with Crippen LogP contribution in [0.1, 0.15) is 5.69 Å². The molecule has 1 aromatic heterocycles. The van der Waals surface area contributed by atoms with Crippen LogP contribution >= 0.6 is 11.8 Å². The van der Waals surface area contributed by atoms with Gasteiger partial charge in [0.25, 0.3) is 0 Å². The van der Waals surface area contributed by atoms with Crippen LogP contribution in [-0.2, 0) is 6.54 Å². The zero-order valence-electron chi connectivity index (χ0n) is 8.79. The first-order valence-electron chi connectivity index (χ1n) is 4.65. The highest BCUT2D eigenvalue weighted by molar-refractivity contribution is 7.98. The van der Waals surface area contributed by atoms with Gasteiger partial charge in [0.15, 0.2) is 0 Å². The molecule has 0 unspecified atom stereocenters. The number of aromatic nitrogens is 2. The monoisotopic (exact) mass is 211 g/mol. The third kappa shape index (κ3) is 3.10. The Labute approximate surface area is 89.6 Å². The maximum Gasteiger partial charge on any atom is 0.203 e. The van der Waals surface area contributed by atoms with Crippen LogP contribution in [0.3, 0.4) is 0 Å². The molecule has 1 aromatic rings. The van der Waals surface area contributed by atoms with Gasteiger partial charge in [-0.1, -0.05) is 6.08 Å². The van der Waals surface area contributed by atoms with Crippen LogP contribution in [0.15, 0.2) is 18.9 Å². The largest absolute Gasteiger partial charge is 0.352 e. The van der Waals surface area contributed by atoms with Gasteiger partial charge in [0.05, 0.1) is 5.69 Å². The highest BCUT2D eigenvalue weighted by Gasteiger charge is 2.02. The van der Waals surface area contributed by atoms with Crippen LogP contribution in [0, 0.1) is 6.92 Å². The third-order valence-corrected chi connectivity index (χ3v) is 2.43. The molecule has 0 spiro atoms. The van der Waals surface area contributed by atoms with E-state index in [1.54, 1.807) is 0 Å². The van der Waals surface area contributed by atoms with Crippen molar-refractivity contribution < 1.29 is 0 Å². The predicted octanol–water partition coefficient (Wildman–Crippen LogP) is 2.15. The quantitative estimate of drug-likeness (QED) is 0.731. The number of thioether (sulfide) groups is 1. The van der Waals surface area contributed by atoms with E-state index in [4.69, 9.17) is 0 Å². The summed E-state index contributed by atoms with van der Waals surface area (Å²) < 4.78 is 2.15. The second-order valence-electron chi connectivity index (χ2n) is 3.06. The summed E-state index contributed by atoms with van der Waals surface area (Å²) in [6, 6.07) is 0. The topological polar surface area (TPSA) is 29.9 Å². The minimum absolute atomic E-state index is 0.760. The molecular formula is C10H17N3S. The first-order chi connectivity index (χ1) is 6.77. The van der Waals surface area contributed by atoms with Gasteiger partial charge in [-0.15, -0.1) is 6.58 Å². The minimum Gasteiger partial charge on any atom is -0.352 e. The SMILES string of the molecule is C=CCNc1nc(C)cn1CCSC. The molecule has 0 bridgehead atoms. The number of nitrogens with zero attached hydrogens (tertiary/aromatic N) is 2. The van der Waals surface area contributed by atoms with Crippen molar-refractivity contribution in [2.45, 2.75) is 13.5 Å². The number of aryl methyl sites for hydroxylation is 2. The lowest BCUT2D eigenvalue weighted by Gasteiger charge is -2.06. The second-order valence-corrected chi connectivity index (χ2v) is 4.05. The number of anilines is 1. The standard InChI is InChI=1S/C10H17N3S/c1-4-5-11-10-12-9(2)8-13(10)6-7-14-3/h4,8H,1,5-7H2,2-3H3,(H,11,12). The summed E-state index contributed by atoms with van der Waals surface area (Å²) >= 11 is 1.84. The van der Waals surface area contributed by atoms with Gasteiger partial charge >= 0.3 is 0 Å². The van der Waals surface area contributed by atoms with Crippen LogP contribution in [0.2, 0.25) is 0 Å². The van der Waals surface area contributed by atoms with Gasteiger partial charge in [0, 0.05) is 25.0 Å². The zero-order chi connectivity index (χ0) is 10.4. The summed E-state index contributed by atoms with van der Waals surface area (Å²) in [7, 11) is 0. The van der Waals surface area contributed by atoms with Gasteiger partial charge in [-0.3, -0.25) is 0 Å². The fourth-order valence-corrected chi connectivity index (χ4v) is 1.59. The number of nitrogens with one attached hydrogen (secondary N) is 1. The van der Waals surface area contributed by atoms with Crippen LogP contribution in [0.5, 0.6) is 0 Å². The van der Waals surface area contributed by atoms with Crippen molar-refractivity contribution in [3.05, 3.63) is 24.5 Å². The lowest BCUT2D eigenvalue weighted by molar-refractivity contribution is 0.776. The molecule has 1 rings (SSSR count). The molecule has 1 heterocycles. The van der Waals surface area contributed by atoms with Crippen LogP contribution < -0.4 is 5.32 Å². The molecule has 1 N–H and O–H groups in total. The Kier molecular flexibility index (Phi) is 4.59. The van der Waals surface area contributed by atoms with E-state index in [9.17, 15) is 0 Å². The molecule has 78 valence electrons. The molecule has 0 radical (unpaired) electrons. The van der Waals surface area contributed by atoms with E-state index >= 15 is 0 Å². The molecule has 0 aliphatic rings. The molecule has 0 fully saturated rings.